The van der Waals surface area contributed by atoms with Gasteiger partial charge in [-0.05, 0) is 24.0 Å². The molecule has 2 nitrogen and oxygen atoms in total. The Morgan fingerprint density at radius 1 is 1.27 bits per heavy atom. The average molecular weight is 222 g/mol. The van der Waals surface area contributed by atoms with Crippen LogP contribution in [0.25, 0.3) is 0 Å². The summed E-state index contributed by atoms with van der Waals surface area (Å²) in [6.07, 6.45) is 1.19. The maximum atomic E-state index is 3.33. The van der Waals surface area contributed by atoms with Crippen molar-refractivity contribution >= 4 is 26.8 Å². The summed E-state index contributed by atoms with van der Waals surface area (Å²) in [4.78, 5) is 0. The van der Waals surface area contributed by atoms with Crippen molar-refractivity contribution < 1.29 is 0 Å². The maximum absolute atomic E-state index is 3.33. The molecule has 84 valence electrons. The van der Waals surface area contributed by atoms with E-state index >= 15 is 0 Å². The van der Waals surface area contributed by atoms with Crippen LogP contribution in [-0.2, 0) is 0 Å². The first-order valence-corrected chi connectivity index (χ1v) is 6.64. The van der Waals surface area contributed by atoms with Crippen molar-refractivity contribution in [2.45, 2.75) is 26.2 Å². The van der Waals surface area contributed by atoms with Crippen molar-refractivity contribution in [1.82, 2.24) is 0 Å². The number of nitrogens with one attached hydrogen (secondary N) is 2. The molecule has 0 spiro atoms. The molecule has 1 aromatic carbocycles. The zero-order valence-corrected chi connectivity index (χ0v) is 12.4. The van der Waals surface area contributed by atoms with Gasteiger partial charge in [-0.1, -0.05) is 25.1 Å². The number of rotatable bonds is 4. The van der Waals surface area contributed by atoms with Crippen LogP contribution in [0.1, 0.15) is 31.7 Å². The highest BCUT2D eigenvalue weighted by molar-refractivity contribution is 6.34. The molecule has 2 N–H and O–H groups in total. The van der Waals surface area contributed by atoms with Gasteiger partial charge >= 0.3 is 0 Å². The van der Waals surface area contributed by atoms with Gasteiger partial charge in [0.25, 0.3) is 0 Å². The van der Waals surface area contributed by atoms with E-state index in [1.165, 1.54) is 28.5 Å². The van der Waals surface area contributed by atoms with E-state index in [0.29, 0.717) is 5.92 Å². The minimum Gasteiger partial charge on any atom is -0.386 e. The lowest BCUT2D eigenvalue weighted by molar-refractivity contribution is 0.739. The molecule has 1 rings (SSSR count). The number of benzene rings is 1. The van der Waals surface area contributed by atoms with E-state index in [0.717, 1.165) is 10.2 Å². The van der Waals surface area contributed by atoms with Crippen LogP contribution in [0, 0.1) is 0 Å². The minimum atomic E-state index is 0.633. The lowest BCUT2D eigenvalue weighted by atomic mass is 9.95. The molecule has 3 heteroatoms. The van der Waals surface area contributed by atoms with E-state index in [1.807, 2.05) is 14.1 Å². The Balaban J connectivity index is 3.31. The van der Waals surface area contributed by atoms with Crippen molar-refractivity contribution in [3.8, 4) is 0 Å². The number of hydrogen-bond acceptors (Lipinski definition) is 2. The van der Waals surface area contributed by atoms with Gasteiger partial charge in [-0.15, -0.1) is 0 Å². The normalized spacial score (nSPS) is 12.5. The summed E-state index contributed by atoms with van der Waals surface area (Å²) in [5.41, 5.74) is 3.98. The van der Waals surface area contributed by atoms with Gasteiger partial charge in [0.1, 0.15) is 0 Å². The molecule has 0 aliphatic heterocycles. The van der Waals surface area contributed by atoms with E-state index < -0.39 is 0 Å². The van der Waals surface area contributed by atoms with E-state index in [-0.39, 0.29) is 0 Å². The Morgan fingerprint density at radius 3 is 2.40 bits per heavy atom. The third kappa shape index (κ3) is 2.34. The van der Waals surface area contributed by atoms with Gasteiger partial charge in [0.05, 0.1) is 11.4 Å². The Labute approximate surface area is 95.9 Å². The molecule has 0 aromatic heterocycles. The molecule has 15 heavy (non-hydrogen) atoms. The molecule has 1 aromatic rings. The molecule has 0 saturated heterocycles. The van der Waals surface area contributed by atoms with Crippen LogP contribution in [0.3, 0.4) is 0 Å². The quantitative estimate of drug-likeness (QED) is 0.750. The number of hydrogen-bond donors (Lipinski definition) is 2. The lowest BCUT2D eigenvalue weighted by Gasteiger charge is -2.21. The summed E-state index contributed by atoms with van der Waals surface area (Å²) in [7, 11) is 5.09. The Hall–Kier alpha value is -0.963. The fraction of sp³-hybridized carbons (Fsp3) is 0.500. The van der Waals surface area contributed by atoms with E-state index in [2.05, 4.69) is 36.6 Å². The largest absolute Gasteiger partial charge is 0.386 e. The van der Waals surface area contributed by atoms with Gasteiger partial charge in [0, 0.05) is 24.3 Å². The van der Waals surface area contributed by atoms with Gasteiger partial charge in [-0.2, -0.15) is 0 Å². The first-order valence-electron chi connectivity index (χ1n) is 5.64. The van der Waals surface area contributed by atoms with E-state index in [1.54, 1.807) is 0 Å². The fourth-order valence-electron chi connectivity index (χ4n) is 2.04. The standard InChI is InChI=1S/C12H22N2Si/c1-5-8(2)11-10(15)7-6-9(13-3)12(11)14-4/h6-8,13-14H,5H2,1-4,15H3. The number of anilines is 2. The van der Waals surface area contributed by atoms with Gasteiger partial charge in [-0.25, -0.2) is 0 Å². The zero-order valence-electron chi connectivity index (χ0n) is 10.4. The molecule has 0 saturated carbocycles. The van der Waals surface area contributed by atoms with Crippen molar-refractivity contribution in [1.29, 1.82) is 0 Å². The molecular formula is C12H22N2Si. The second kappa shape index (κ2) is 5.21. The van der Waals surface area contributed by atoms with Crippen LogP contribution < -0.4 is 15.8 Å². The first kappa shape index (κ1) is 12.1. The summed E-state index contributed by atoms with van der Waals surface area (Å²) >= 11 is 0. The van der Waals surface area contributed by atoms with Crippen molar-refractivity contribution in [3.63, 3.8) is 0 Å². The molecule has 0 aliphatic rings. The topological polar surface area (TPSA) is 24.1 Å². The Morgan fingerprint density at radius 2 is 1.93 bits per heavy atom. The predicted molar refractivity (Wildman–Crippen MR) is 73.8 cm³/mol. The summed E-state index contributed by atoms with van der Waals surface area (Å²) < 4.78 is 0. The molecule has 1 unspecified atom stereocenters. The highest BCUT2D eigenvalue weighted by atomic mass is 28.1. The monoisotopic (exact) mass is 222 g/mol. The van der Waals surface area contributed by atoms with Crippen LogP contribution >= 0.6 is 0 Å². The third-order valence-corrected chi connectivity index (χ3v) is 3.96. The minimum absolute atomic E-state index is 0.633. The van der Waals surface area contributed by atoms with Crippen molar-refractivity contribution in [2.24, 2.45) is 0 Å². The van der Waals surface area contributed by atoms with Crippen molar-refractivity contribution in [2.75, 3.05) is 24.7 Å². The highest BCUT2D eigenvalue weighted by Gasteiger charge is 2.13. The SMILES string of the molecule is CCC(C)c1c([SiH3])ccc(NC)c1NC. The first-order chi connectivity index (χ1) is 7.15. The van der Waals surface area contributed by atoms with Gasteiger partial charge in [0.15, 0.2) is 0 Å². The van der Waals surface area contributed by atoms with Crippen LogP contribution in [0.2, 0.25) is 0 Å². The molecule has 0 fully saturated rings. The van der Waals surface area contributed by atoms with Crippen LogP contribution in [0.5, 0.6) is 0 Å². The summed E-state index contributed by atoms with van der Waals surface area (Å²) in [5, 5.41) is 8.08. The fourth-order valence-corrected chi connectivity index (χ4v) is 2.95. The van der Waals surface area contributed by atoms with Gasteiger partial charge < -0.3 is 10.6 Å². The molecular weight excluding hydrogens is 200 g/mol. The second-order valence-corrected chi connectivity index (χ2v) is 5.11. The lowest BCUT2D eigenvalue weighted by Crippen LogP contribution is -2.16. The molecule has 0 heterocycles. The zero-order chi connectivity index (χ0) is 11.4. The second-order valence-electron chi connectivity index (χ2n) is 4.03. The average Bonchev–Trinajstić information content (AvgIpc) is 2.27. The smallest absolute Gasteiger partial charge is 0.0607 e. The summed E-state index contributed by atoms with van der Waals surface area (Å²) in [6, 6.07) is 4.42. The van der Waals surface area contributed by atoms with E-state index in [4.69, 9.17) is 0 Å². The van der Waals surface area contributed by atoms with Crippen LogP contribution in [0.4, 0.5) is 11.4 Å². The van der Waals surface area contributed by atoms with E-state index in [9.17, 15) is 0 Å². The van der Waals surface area contributed by atoms with Crippen molar-refractivity contribution in [3.05, 3.63) is 17.7 Å². The highest BCUT2D eigenvalue weighted by Crippen LogP contribution is 2.30. The van der Waals surface area contributed by atoms with Gasteiger partial charge in [0.2, 0.25) is 0 Å². The van der Waals surface area contributed by atoms with Crippen LogP contribution in [-0.4, -0.2) is 24.3 Å². The molecule has 0 aliphatic carbocycles. The maximum Gasteiger partial charge on any atom is 0.0607 e. The van der Waals surface area contributed by atoms with Crippen LogP contribution in [0.15, 0.2) is 12.1 Å². The van der Waals surface area contributed by atoms with Gasteiger partial charge in [-0.3, -0.25) is 0 Å². The predicted octanol–water partition coefficient (Wildman–Crippen LogP) is 1.27. The molecule has 0 bridgehead atoms. The Kier molecular flexibility index (Phi) is 4.21. The molecule has 0 amide bonds. The Bertz CT molecular complexity index is 337. The summed E-state index contributed by atoms with van der Waals surface area (Å²) in [6.45, 7) is 4.55. The third-order valence-electron chi connectivity index (χ3n) is 3.09. The molecule has 1 atom stereocenters. The summed E-state index contributed by atoms with van der Waals surface area (Å²) in [5.74, 6) is 0.633. The molecule has 0 radical (unpaired) electrons.